The Labute approximate surface area is 94.3 Å². The molecule has 0 heterocycles. The molecular weight excluding hydrogens is 230 g/mol. The van der Waals surface area contributed by atoms with E-state index >= 15 is 0 Å². The molecule has 0 aliphatic rings. The molecule has 0 aliphatic heterocycles. The first-order valence-corrected chi connectivity index (χ1v) is 6.11. The maximum Gasteiger partial charge on any atom is 0.420 e. The van der Waals surface area contributed by atoms with Crippen LogP contribution in [0.15, 0.2) is 23.1 Å². The Bertz CT molecular complexity index is 508. The van der Waals surface area contributed by atoms with Gasteiger partial charge in [-0.25, -0.2) is 4.79 Å². The van der Waals surface area contributed by atoms with Gasteiger partial charge in [0.2, 0.25) is 0 Å². The number of carbonyl (C=O) groups excluding carboxylic acids is 1. The van der Waals surface area contributed by atoms with Crippen LogP contribution in [0.2, 0.25) is 0 Å². The van der Waals surface area contributed by atoms with Crippen LogP contribution in [-0.2, 0) is 20.7 Å². The summed E-state index contributed by atoms with van der Waals surface area (Å²) in [5, 5.41) is 0. The van der Waals surface area contributed by atoms with E-state index in [1.807, 2.05) is 13.8 Å². The van der Waals surface area contributed by atoms with E-state index in [9.17, 15) is 13.2 Å². The molecule has 0 radical (unpaired) electrons. The number of amides is 1. The van der Waals surface area contributed by atoms with E-state index in [1.165, 1.54) is 12.1 Å². The summed E-state index contributed by atoms with van der Waals surface area (Å²) in [7, 11) is -4.08. The van der Waals surface area contributed by atoms with Crippen molar-refractivity contribution in [2.75, 3.05) is 0 Å². The molecule has 0 saturated carbocycles. The Morgan fingerprint density at radius 1 is 1.44 bits per heavy atom. The van der Waals surface area contributed by atoms with Crippen molar-refractivity contribution >= 4 is 16.2 Å². The van der Waals surface area contributed by atoms with E-state index in [0.29, 0.717) is 6.42 Å². The topological polar surface area (TPSA) is 86.5 Å². The number of carbonyl (C=O) groups is 1. The van der Waals surface area contributed by atoms with Gasteiger partial charge in [-0.05, 0) is 36.6 Å². The van der Waals surface area contributed by atoms with Crippen molar-refractivity contribution in [2.24, 2.45) is 5.73 Å². The van der Waals surface area contributed by atoms with Gasteiger partial charge in [0.05, 0.1) is 0 Å². The van der Waals surface area contributed by atoms with Gasteiger partial charge in [-0.15, -0.1) is 0 Å². The van der Waals surface area contributed by atoms with Crippen LogP contribution in [-0.4, -0.2) is 14.5 Å². The maximum absolute atomic E-state index is 11.5. The van der Waals surface area contributed by atoms with Crippen LogP contribution in [0.25, 0.3) is 0 Å². The van der Waals surface area contributed by atoms with Crippen LogP contribution in [0.3, 0.4) is 0 Å². The SMILES string of the molecule is CCc1cc(S(=O)(=O)OC(N)=O)ccc1C. The molecule has 0 bridgehead atoms. The molecule has 0 fully saturated rings. The lowest BCUT2D eigenvalue weighted by molar-refractivity contribution is 0.212. The van der Waals surface area contributed by atoms with Gasteiger partial charge in [0, 0.05) is 0 Å². The summed E-state index contributed by atoms with van der Waals surface area (Å²) in [6.07, 6.45) is -0.634. The van der Waals surface area contributed by atoms with Crippen LogP contribution in [0.4, 0.5) is 4.79 Å². The summed E-state index contributed by atoms with van der Waals surface area (Å²) in [4.78, 5) is 10.4. The molecule has 0 spiro atoms. The number of nitrogens with two attached hydrogens (primary N) is 1. The first-order valence-electron chi connectivity index (χ1n) is 4.70. The van der Waals surface area contributed by atoms with Crippen LogP contribution in [0.5, 0.6) is 0 Å². The predicted molar refractivity (Wildman–Crippen MR) is 58.4 cm³/mol. The minimum Gasteiger partial charge on any atom is -0.334 e. The van der Waals surface area contributed by atoms with Crippen molar-refractivity contribution < 1.29 is 17.4 Å². The average molecular weight is 243 g/mol. The van der Waals surface area contributed by atoms with Crippen LogP contribution >= 0.6 is 0 Å². The summed E-state index contributed by atoms with van der Waals surface area (Å²) < 4.78 is 27.1. The highest BCUT2D eigenvalue weighted by Gasteiger charge is 2.18. The summed E-state index contributed by atoms with van der Waals surface area (Å²) in [5.74, 6) is 0. The van der Waals surface area contributed by atoms with E-state index in [4.69, 9.17) is 0 Å². The Morgan fingerprint density at radius 3 is 2.56 bits per heavy atom. The summed E-state index contributed by atoms with van der Waals surface area (Å²) >= 11 is 0. The Kier molecular flexibility index (Phi) is 3.54. The Balaban J connectivity index is 3.19. The molecule has 16 heavy (non-hydrogen) atoms. The largest absolute Gasteiger partial charge is 0.420 e. The van der Waals surface area contributed by atoms with E-state index in [0.717, 1.165) is 11.1 Å². The lowest BCUT2D eigenvalue weighted by Gasteiger charge is -2.07. The zero-order valence-corrected chi connectivity index (χ0v) is 9.87. The van der Waals surface area contributed by atoms with Gasteiger partial charge in [0.25, 0.3) is 0 Å². The molecule has 1 amide bonds. The molecule has 0 atom stereocenters. The van der Waals surface area contributed by atoms with Gasteiger partial charge in [-0.2, -0.15) is 8.42 Å². The molecule has 0 saturated heterocycles. The zero-order valence-electron chi connectivity index (χ0n) is 9.06. The van der Waals surface area contributed by atoms with Gasteiger partial charge in [0.15, 0.2) is 0 Å². The quantitative estimate of drug-likeness (QED) is 0.811. The van der Waals surface area contributed by atoms with Crippen molar-refractivity contribution in [3.05, 3.63) is 29.3 Å². The fraction of sp³-hybridized carbons (Fsp3) is 0.300. The standard InChI is InChI=1S/C10H13NO4S/c1-3-8-6-9(5-4-7(8)2)16(13,14)15-10(11)12/h4-6H,3H2,1-2H3,(H2,11,12). The molecular formula is C10H13NO4S. The highest BCUT2D eigenvalue weighted by molar-refractivity contribution is 7.87. The monoisotopic (exact) mass is 243 g/mol. The average Bonchev–Trinajstić information content (AvgIpc) is 2.16. The Hall–Kier alpha value is -1.56. The molecule has 88 valence electrons. The number of benzene rings is 1. The number of hydrogen-bond donors (Lipinski definition) is 1. The second kappa shape index (κ2) is 4.52. The molecule has 0 aromatic heterocycles. The highest BCUT2D eigenvalue weighted by Crippen LogP contribution is 2.17. The first-order chi connectivity index (χ1) is 7.36. The van der Waals surface area contributed by atoms with Crippen LogP contribution < -0.4 is 5.73 Å². The van der Waals surface area contributed by atoms with Gasteiger partial charge in [-0.3, -0.25) is 0 Å². The molecule has 0 aliphatic carbocycles. The van der Waals surface area contributed by atoms with E-state index < -0.39 is 16.2 Å². The molecule has 6 heteroatoms. The summed E-state index contributed by atoms with van der Waals surface area (Å²) in [5.41, 5.74) is 6.55. The molecule has 1 rings (SSSR count). The fourth-order valence-corrected chi connectivity index (χ4v) is 2.17. The van der Waals surface area contributed by atoms with Crippen molar-refractivity contribution in [3.63, 3.8) is 0 Å². The fourth-order valence-electron chi connectivity index (χ4n) is 1.34. The second-order valence-electron chi connectivity index (χ2n) is 3.30. The molecule has 5 nitrogen and oxygen atoms in total. The third-order valence-corrected chi connectivity index (χ3v) is 3.40. The maximum atomic E-state index is 11.5. The number of primary amides is 1. The zero-order chi connectivity index (χ0) is 12.3. The van der Waals surface area contributed by atoms with E-state index in [2.05, 4.69) is 9.92 Å². The Morgan fingerprint density at radius 2 is 2.06 bits per heavy atom. The third-order valence-electron chi connectivity index (χ3n) is 2.18. The van der Waals surface area contributed by atoms with Crippen molar-refractivity contribution in [2.45, 2.75) is 25.2 Å². The second-order valence-corrected chi connectivity index (χ2v) is 4.84. The van der Waals surface area contributed by atoms with Gasteiger partial charge < -0.3 is 9.92 Å². The summed E-state index contributed by atoms with van der Waals surface area (Å²) in [6.45, 7) is 3.79. The van der Waals surface area contributed by atoms with Gasteiger partial charge in [-0.1, -0.05) is 13.0 Å². The predicted octanol–water partition coefficient (Wildman–Crippen LogP) is 1.34. The summed E-state index contributed by atoms with van der Waals surface area (Å²) in [6, 6.07) is 4.52. The van der Waals surface area contributed by atoms with Crippen LogP contribution in [0.1, 0.15) is 18.1 Å². The first kappa shape index (κ1) is 12.5. The number of aryl methyl sites for hydroxylation is 2. The molecule has 1 aromatic rings. The lowest BCUT2D eigenvalue weighted by atomic mass is 10.1. The van der Waals surface area contributed by atoms with Gasteiger partial charge in [0.1, 0.15) is 4.90 Å². The van der Waals surface area contributed by atoms with Gasteiger partial charge >= 0.3 is 16.2 Å². The smallest absolute Gasteiger partial charge is 0.334 e. The van der Waals surface area contributed by atoms with Crippen molar-refractivity contribution in [1.82, 2.24) is 0 Å². The number of hydrogen-bond acceptors (Lipinski definition) is 4. The van der Waals surface area contributed by atoms with Crippen LogP contribution in [0, 0.1) is 6.92 Å². The van der Waals surface area contributed by atoms with E-state index in [-0.39, 0.29) is 4.90 Å². The van der Waals surface area contributed by atoms with E-state index in [1.54, 1.807) is 6.07 Å². The minimum absolute atomic E-state index is 0.0613. The number of rotatable bonds is 3. The molecule has 2 N–H and O–H groups in total. The van der Waals surface area contributed by atoms with Crippen molar-refractivity contribution in [1.29, 1.82) is 0 Å². The molecule has 0 unspecified atom stereocenters. The lowest BCUT2D eigenvalue weighted by Crippen LogP contribution is -2.19. The minimum atomic E-state index is -4.08. The normalized spacial score (nSPS) is 11.1. The van der Waals surface area contributed by atoms with Crippen molar-refractivity contribution in [3.8, 4) is 0 Å². The highest BCUT2D eigenvalue weighted by atomic mass is 32.2. The molecule has 1 aromatic carbocycles. The third kappa shape index (κ3) is 2.73.